The van der Waals surface area contributed by atoms with E-state index < -0.39 is 0 Å². The third-order valence-corrected chi connectivity index (χ3v) is 1.62. The molecule has 0 aliphatic carbocycles. The van der Waals surface area contributed by atoms with Crippen LogP contribution in [0.15, 0.2) is 28.7 Å². The SMILES string of the molecule is F[C]=Cc1ccc(Br)cc1. The van der Waals surface area contributed by atoms with Crippen LogP contribution >= 0.6 is 15.9 Å². The first-order valence-electron chi connectivity index (χ1n) is 2.78. The Bertz CT molecular complexity index is 226. The summed E-state index contributed by atoms with van der Waals surface area (Å²) in [6.45, 7) is 0. The monoisotopic (exact) mass is 199 g/mol. The van der Waals surface area contributed by atoms with Crippen molar-refractivity contribution >= 4 is 22.0 Å². The predicted octanol–water partition coefficient (Wildman–Crippen LogP) is 3.19. The first kappa shape index (κ1) is 7.48. The van der Waals surface area contributed by atoms with E-state index in [1.54, 1.807) is 12.1 Å². The zero-order chi connectivity index (χ0) is 7.40. The van der Waals surface area contributed by atoms with E-state index in [9.17, 15) is 4.39 Å². The largest absolute Gasteiger partial charge is 0.204 e. The molecule has 0 aliphatic rings. The molecule has 0 aliphatic heterocycles. The average Bonchev–Trinajstić information content (AvgIpc) is 1.95. The molecule has 1 aromatic carbocycles. The van der Waals surface area contributed by atoms with Gasteiger partial charge in [0.2, 0.25) is 0 Å². The highest BCUT2D eigenvalue weighted by molar-refractivity contribution is 9.10. The number of rotatable bonds is 1. The van der Waals surface area contributed by atoms with Crippen molar-refractivity contribution in [3.8, 4) is 0 Å². The standard InChI is InChI=1S/C8H5BrF/c9-8-3-1-7(2-4-8)5-6-10/h1-5H. The number of hydrogen-bond donors (Lipinski definition) is 0. The van der Waals surface area contributed by atoms with Crippen LogP contribution in [0.25, 0.3) is 6.08 Å². The molecular formula is C8H5BrF. The van der Waals surface area contributed by atoms with Crippen molar-refractivity contribution in [3.63, 3.8) is 0 Å². The molecule has 0 aromatic heterocycles. The van der Waals surface area contributed by atoms with Crippen LogP contribution in [0.5, 0.6) is 0 Å². The summed E-state index contributed by atoms with van der Waals surface area (Å²) in [5.74, 6) is 0. The lowest BCUT2D eigenvalue weighted by Gasteiger charge is -1.90. The Labute approximate surface area is 67.5 Å². The third-order valence-electron chi connectivity index (χ3n) is 1.09. The predicted molar refractivity (Wildman–Crippen MR) is 43.0 cm³/mol. The molecule has 10 heavy (non-hydrogen) atoms. The maximum Gasteiger partial charge on any atom is 0.159 e. The van der Waals surface area contributed by atoms with Gasteiger partial charge in [0.1, 0.15) is 0 Å². The molecule has 0 fully saturated rings. The van der Waals surface area contributed by atoms with Crippen LogP contribution in [0.2, 0.25) is 0 Å². The summed E-state index contributed by atoms with van der Waals surface area (Å²) in [4.78, 5) is 0. The van der Waals surface area contributed by atoms with E-state index in [2.05, 4.69) is 15.9 Å². The molecule has 0 saturated heterocycles. The van der Waals surface area contributed by atoms with E-state index in [0.29, 0.717) is 0 Å². The van der Waals surface area contributed by atoms with Gasteiger partial charge in [-0.1, -0.05) is 28.1 Å². The molecular weight excluding hydrogens is 195 g/mol. The Morgan fingerprint density at radius 1 is 1.30 bits per heavy atom. The van der Waals surface area contributed by atoms with Gasteiger partial charge in [0.25, 0.3) is 0 Å². The lowest BCUT2D eigenvalue weighted by molar-refractivity contribution is 0.691. The van der Waals surface area contributed by atoms with Crippen LogP contribution in [0, 0.1) is 6.33 Å². The Morgan fingerprint density at radius 3 is 2.40 bits per heavy atom. The summed E-state index contributed by atoms with van der Waals surface area (Å²) in [6, 6.07) is 7.31. The highest BCUT2D eigenvalue weighted by Gasteiger charge is 1.85. The molecule has 0 saturated carbocycles. The van der Waals surface area contributed by atoms with Crippen molar-refractivity contribution < 1.29 is 4.39 Å². The van der Waals surface area contributed by atoms with E-state index in [-0.39, 0.29) is 0 Å². The first-order chi connectivity index (χ1) is 4.83. The van der Waals surface area contributed by atoms with Crippen LogP contribution < -0.4 is 0 Å². The normalized spacial score (nSPS) is 10.6. The molecule has 0 atom stereocenters. The van der Waals surface area contributed by atoms with Crippen molar-refractivity contribution in [2.75, 3.05) is 0 Å². The molecule has 0 spiro atoms. The van der Waals surface area contributed by atoms with Crippen molar-refractivity contribution in [2.24, 2.45) is 0 Å². The van der Waals surface area contributed by atoms with Gasteiger partial charge in [-0.3, -0.25) is 0 Å². The molecule has 0 unspecified atom stereocenters. The smallest absolute Gasteiger partial charge is 0.159 e. The zero-order valence-electron chi connectivity index (χ0n) is 5.14. The molecule has 0 amide bonds. The lowest BCUT2D eigenvalue weighted by Crippen LogP contribution is -1.68. The maximum absolute atomic E-state index is 11.5. The molecule has 1 rings (SSSR count). The molecule has 0 bridgehead atoms. The summed E-state index contributed by atoms with van der Waals surface area (Å²) in [5, 5.41) is 0. The summed E-state index contributed by atoms with van der Waals surface area (Å²) >= 11 is 3.27. The Morgan fingerprint density at radius 2 is 1.90 bits per heavy atom. The molecule has 0 nitrogen and oxygen atoms in total. The fourth-order valence-electron chi connectivity index (χ4n) is 0.622. The minimum absolute atomic E-state index is 0.811. The minimum Gasteiger partial charge on any atom is -0.204 e. The van der Waals surface area contributed by atoms with Gasteiger partial charge in [-0.05, 0) is 23.8 Å². The zero-order valence-corrected chi connectivity index (χ0v) is 6.73. The van der Waals surface area contributed by atoms with Crippen molar-refractivity contribution in [2.45, 2.75) is 0 Å². The Balaban J connectivity index is 2.89. The van der Waals surface area contributed by atoms with Crippen LogP contribution in [-0.2, 0) is 0 Å². The molecule has 51 valence electrons. The summed E-state index contributed by atoms with van der Waals surface area (Å²) in [5.41, 5.74) is 0.811. The van der Waals surface area contributed by atoms with E-state index in [4.69, 9.17) is 0 Å². The van der Waals surface area contributed by atoms with Gasteiger partial charge in [0.05, 0.1) is 0 Å². The van der Waals surface area contributed by atoms with Crippen molar-refractivity contribution in [1.82, 2.24) is 0 Å². The fraction of sp³-hybridized carbons (Fsp3) is 0. The van der Waals surface area contributed by atoms with Crippen LogP contribution in [0.1, 0.15) is 5.56 Å². The topological polar surface area (TPSA) is 0 Å². The van der Waals surface area contributed by atoms with Gasteiger partial charge in [-0.2, -0.15) is 0 Å². The van der Waals surface area contributed by atoms with Gasteiger partial charge in [0, 0.05) is 4.47 Å². The fourth-order valence-corrected chi connectivity index (χ4v) is 0.886. The Hall–Kier alpha value is -0.630. The number of halogens is 2. The Kier molecular flexibility index (Phi) is 2.63. The maximum atomic E-state index is 11.5. The van der Waals surface area contributed by atoms with Gasteiger partial charge >= 0.3 is 0 Å². The van der Waals surface area contributed by atoms with Crippen molar-refractivity contribution in [3.05, 3.63) is 40.6 Å². The van der Waals surface area contributed by atoms with E-state index in [0.717, 1.165) is 10.0 Å². The molecule has 0 N–H and O–H groups in total. The van der Waals surface area contributed by atoms with Gasteiger partial charge in [0.15, 0.2) is 6.33 Å². The van der Waals surface area contributed by atoms with Crippen LogP contribution in [0.3, 0.4) is 0 Å². The quantitative estimate of drug-likeness (QED) is 0.652. The van der Waals surface area contributed by atoms with Crippen LogP contribution in [0.4, 0.5) is 4.39 Å². The second-order valence-electron chi connectivity index (χ2n) is 1.80. The van der Waals surface area contributed by atoms with Crippen LogP contribution in [-0.4, -0.2) is 0 Å². The molecule has 0 heterocycles. The summed E-state index contributed by atoms with van der Waals surface area (Å²) in [7, 11) is 0. The van der Waals surface area contributed by atoms with E-state index >= 15 is 0 Å². The van der Waals surface area contributed by atoms with E-state index in [1.165, 1.54) is 12.4 Å². The van der Waals surface area contributed by atoms with Crippen molar-refractivity contribution in [1.29, 1.82) is 0 Å². The molecule has 1 aromatic rings. The number of benzene rings is 1. The second-order valence-corrected chi connectivity index (χ2v) is 2.72. The highest BCUT2D eigenvalue weighted by Crippen LogP contribution is 2.11. The number of hydrogen-bond acceptors (Lipinski definition) is 0. The third kappa shape index (κ3) is 1.95. The van der Waals surface area contributed by atoms with E-state index in [1.807, 2.05) is 12.1 Å². The highest BCUT2D eigenvalue weighted by atomic mass is 79.9. The summed E-state index contributed by atoms with van der Waals surface area (Å²) < 4.78 is 12.5. The van der Waals surface area contributed by atoms with Gasteiger partial charge in [-0.25, -0.2) is 4.39 Å². The van der Waals surface area contributed by atoms with Gasteiger partial charge < -0.3 is 0 Å². The molecule has 1 radical (unpaired) electrons. The first-order valence-corrected chi connectivity index (χ1v) is 3.57. The molecule has 2 heteroatoms. The minimum atomic E-state index is 0.811. The van der Waals surface area contributed by atoms with Gasteiger partial charge in [-0.15, -0.1) is 0 Å². The summed E-state index contributed by atoms with van der Waals surface area (Å²) in [6.07, 6.45) is 2.75. The lowest BCUT2D eigenvalue weighted by atomic mass is 10.2. The second kappa shape index (κ2) is 3.52. The average molecular weight is 200 g/mol.